The third-order valence-corrected chi connectivity index (χ3v) is 4.21. The normalized spacial score (nSPS) is 10.2. The van der Waals surface area contributed by atoms with Crippen LogP contribution in [0.25, 0.3) is 0 Å². The molecule has 0 saturated heterocycles. The Morgan fingerprint density at radius 3 is 2.81 bits per heavy atom. The van der Waals surface area contributed by atoms with Crippen LogP contribution in [-0.2, 0) is 4.74 Å². The highest BCUT2D eigenvalue weighted by molar-refractivity contribution is 9.10. The second-order valence-electron chi connectivity index (χ2n) is 3.96. The monoisotopic (exact) mass is 387 g/mol. The molecule has 0 unspecified atom stereocenters. The van der Waals surface area contributed by atoms with Gasteiger partial charge in [-0.1, -0.05) is 27.5 Å². The molecule has 0 bridgehead atoms. The quantitative estimate of drug-likeness (QED) is 0.779. The SMILES string of the molecule is CCOC(=O)c1ccsc1NC(=O)c1cc(Br)ccc1Cl. The number of thiophene rings is 1. The number of rotatable bonds is 4. The molecule has 1 amide bonds. The van der Waals surface area contributed by atoms with E-state index in [4.69, 9.17) is 16.3 Å². The van der Waals surface area contributed by atoms with Crippen molar-refractivity contribution >= 4 is 55.7 Å². The highest BCUT2D eigenvalue weighted by Crippen LogP contribution is 2.27. The fourth-order valence-electron chi connectivity index (χ4n) is 1.62. The minimum atomic E-state index is -0.464. The summed E-state index contributed by atoms with van der Waals surface area (Å²) in [4.78, 5) is 24.0. The summed E-state index contributed by atoms with van der Waals surface area (Å²) in [5, 5.41) is 5.18. The van der Waals surface area contributed by atoms with E-state index in [-0.39, 0.29) is 12.5 Å². The molecule has 0 saturated carbocycles. The second-order valence-corrected chi connectivity index (χ2v) is 6.20. The van der Waals surface area contributed by atoms with Gasteiger partial charge in [-0.3, -0.25) is 4.79 Å². The lowest BCUT2D eigenvalue weighted by atomic mass is 10.2. The lowest BCUT2D eigenvalue weighted by Gasteiger charge is -2.07. The molecule has 2 rings (SSSR count). The summed E-state index contributed by atoms with van der Waals surface area (Å²) in [6.07, 6.45) is 0. The Bertz CT molecular complexity index is 687. The highest BCUT2D eigenvalue weighted by atomic mass is 79.9. The minimum absolute atomic E-state index is 0.277. The standard InChI is InChI=1S/C14H11BrClNO3S/c1-2-20-14(19)9-5-6-21-13(9)17-12(18)10-7-8(15)3-4-11(10)16/h3-7H,2H2,1H3,(H,17,18). The molecule has 4 nitrogen and oxygen atoms in total. The fourth-order valence-corrected chi connectivity index (χ4v) is 2.95. The topological polar surface area (TPSA) is 55.4 Å². The first kappa shape index (κ1) is 16.0. The van der Waals surface area contributed by atoms with E-state index in [0.29, 0.717) is 21.2 Å². The Balaban J connectivity index is 2.22. The Labute approximate surface area is 139 Å². The van der Waals surface area contributed by atoms with E-state index in [1.54, 1.807) is 36.6 Å². The number of amides is 1. The van der Waals surface area contributed by atoms with Crippen molar-refractivity contribution in [3.8, 4) is 0 Å². The van der Waals surface area contributed by atoms with Crippen molar-refractivity contribution in [1.29, 1.82) is 0 Å². The zero-order valence-corrected chi connectivity index (χ0v) is 14.1. The first-order valence-corrected chi connectivity index (χ1v) is 8.09. The first-order valence-electron chi connectivity index (χ1n) is 6.04. The number of ether oxygens (including phenoxy) is 1. The van der Waals surface area contributed by atoms with Crippen LogP contribution in [0.2, 0.25) is 5.02 Å². The smallest absolute Gasteiger partial charge is 0.341 e. The van der Waals surface area contributed by atoms with Crippen LogP contribution in [0.1, 0.15) is 27.6 Å². The molecule has 110 valence electrons. The van der Waals surface area contributed by atoms with Crippen molar-refractivity contribution in [3.63, 3.8) is 0 Å². The summed E-state index contributed by atoms with van der Waals surface area (Å²) in [7, 11) is 0. The largest absolute Gasteiger partial charge is 0.462 e. The maximum Gasteiger partial charge on any atom is 0.341 e. The first-order chi connectivity index (χ1) is 10.0. The number of hydrogen-bond donors (Lipinski definition) is 1. The highest BCUT2D eigenvalue weighted by Gasteiger charge is 2.18. The number of halogens is 2. The summed E-state index contributed by atoms with van der Waals surface area (Å²) in [6, 6.07) is 6.60. The van der Waals surface area contributed by atoms with Crippen molar-refractivity contribution in [2.75, 3.05) is 11.9 Å². The predicted octanol–water partition coefficient (Wildman–Crippen LogP) is 4.59. The molecule has 0 atom stereocenters. The second kappa shape index (κ2) is 7.06. The van der Waals surface area contributed by atoms with E-state index in [0.717, 1.165) is 4.47 Å². The molecule has 1 aromatic carbocycles. The maximum absolute atomic E-state index is 12.3. The van der Waals surface area contributed by atoms with E-state index in [2.05, 4.69) is 21.2 Å². The summed E-state index contributed by atoms with van der Waals surface area (Å²) in [5.41, 5.74) is 0.663. The van der Waals surface area contributed by atoms with Crippen molar-refractivity contribution in [2.45, 2.75) is 6.92 Å². The molecule has 1 N–H and O–H groups in total. The summed E-state index contributed by atoms with van der Waals surface area (Å²) in [6.45, 7) is 2.00. The van der Waals surface area contributed by atoms with Crippen molar-refractivity contribution in [2.24, 2.45) is 0 Å². The molecule has 0 aliphatic heterocycles. The van der Waals surface area contributed by atoms with Gasteiger partial charge in [0.15, 0.2) is 0 Å². The Kier molecular flexibility index (Phi) is 5.39. The lowest BCUT2D eigenvalue weighted by molar-refractivity contribution is 0.0528. The van der Waals surface area contributed by atoms with Crippen LogP contribution in [0.15, 0.2) is 34.1 Å². The van der Waals surface area contributed by atoms with Crippen LogP contribution in [0.5, 0.6) is 0 Å². The van der Waals surface area contributed by atoms with Crippen molar-refractivity contribution < 1.29 is 14.3 Å². The maximum atomic E-state index is 12.3. The number of carbonyl (C=O) groups excluding carboxylic acids is 2. The average Bonchev–Trinajstić information content (AvgIpc) is 2.90. The Morgan fingerprint density at radius 1 is 1.33 bits per heavy atom. The Morgan fingerprint density at radius 2 is 2.10 bits per heavy atom. The van der Waals surface area contributed by atoms with Gasteiger partial charge in [-0.05, 0) is 36.6 Å². The molecule has 1 aromatic heterocycles. The van der Waals surface area contributed by atoms with E-state index in [1.165, 1.54) is 11.3 Å². The molecule has 0 fully saturated rings. The third kappa shape index (κ3) is 3.84. The molecule has 0 aliphatic rings. The molecule has 7 heteroatoms. The van der Waals surface area contributed by atoms with Gasteiger partial charge in [0.1, 0.15) is 5.00 Å². The lowest BCUT2D eigenvalue weighted by Crippen LogP contribution is -2.14. The number of benzene rings is 1. The van der Waals surface area contributed by atoms with Gasteiger partial charge in [0.05, 0.1) is 22.8 Å². The van der Waals surface area contributed by atoms with Crippen LogP contribution >= 0.6 is 38.9 Å². The number of nitrogens with one attached hydrogen (secondary N) is 1. The van der Waals surface area contributed by atoms with Gasteiger partial charge >= 0.3 is 5.97 Å². The van der Waals surface area contributed by atoms with E-state index in [9.17, 15) is 9.59 Å². The van der Waals surface area contributed by atoms with Crippen LogP contribution in [-0.4, -0.2) is 18.5 Å². The van der Waals surface area contributed by atoms with Gasteiger partial charge in [-0.15, -0.1) is 11.3 Å². The number of carbonyl (C=O) groups is 2. The van der Waals surface area contributed by atoms with Crippen LogP contribution in [0.3, 0.4) is 0 Å². The van der Waals surface area contributed by atoms with Crippen LogP contribution in [0, 0.1) is 0 Å². The van der Waals surface area contributed by atoms with Gasteiger partial charge in [0, 0.05) is 4.47 Å². The molecule has 1 heterocycles. The molecule has 0 spiro atoms. The number of anilines is 1. The van der Waals surface area contributed by atoms with Crippen molar-refractivity contribution in [1.82, 2.24) is 0 Å². The minimum Gasteiger partial charge on any atom is -0.462 e. The summed E-state index contributed by atoms with van der Waals surface area (Å²) >= 11 is 10.6. The van der Waals surface area contributed by atoms with E-state index in [1.807, 2.05) is 0 Å². The molecule has 21 heavy (non-hydrogen) atoms. The molecular weight excluding hydrogens is 378 g/mol. The third-order valence-electron chi connectivity index (χ3n) is 2.56. The van der Waals surface area contributed by atoms with Crippen molar-refractivity contribution in [3.05, 3.63) is 50.3 Å². The van der Waals surface area contributed by atoms with E-state index >= 15 is 0 Å². The van der Waals surface area contributed by atoms with Gasteiger partial charge < -0.3 is 10.1 Å². The zero-order chi connectivity index (χ0) is 15.4. The zero-order valence-electron chi connectivity index (χ0n) is 11.0. The molecular formula is C14H11BrClNO3S. The molecule has 0 aliphatic carbocycles. The van der Waals surface area contributed by atoms with E-state index < -0.39 is 5.97 Å². The van der Waals surface area contributed by atoms with Gasteiger partial charge in [0.25, 0.3) is 5.91 Å². The Hall–Kier alpha value is -1.37. The van der Waals surface area contributed by atoms with Crippen LogP contribution < -0.4 is 5.32 Å². The van der Waals surface area contributed by atoms with Gasteiger partial charge in [0.2, 0.25) is 0 Å². The fraction of sp³-hybridized carbons (Fsp3) is 0.143. The average molecular weight is 389 g/mol. The summed E-state index contributed by atoms with van der Waals surface area (Å²) in [5.74, 6) is -0.844. The predicted molar refractivity (Wildman–Crippen MR) is 87.4 cm³/mol. The number of hydrogen-bond acceptors (Lipinski definition) is 4. The summed E-state index contributed by atoms with van der Waals surface area (Å²) < 4.78 is 5.68. The van der Waals surface area contributed by atoms with Gasteiger partial charge in [-0.25, -0.2) is 4.79 Å². The molecule has 2 aromatic rings. The molecule has 0 radical (unpaired) electrons. The number of esters is 1. The van der Waals surface area contributed by atoms with Gasteiger partial charge in [-0.2, -0.15) is 0 Å². The van der Waals surface area contributed by atoms with Crippen LogP contribution in [0.4, 0.5) is 5.00 Å².